The van der Waals surface area contributed by atoms with Crippen LogP contribution in [-0.4, -0.2) is 37.6 Å². The van der Waals surface area contributed by atoms with E-state index in [1.54, 1.807) is 11.0 Å². The molecule has 0 bridgehead atoms. The van der Waals surface area contributed by atoms with E-state index in [-0.39, 0.29) is 30.3 Å². The Bertz CT molecular complexity index is 614. The van der Waals surface area contributed by atoms with E-state index in [9.17, 15) is 9.59 Å². The van der Waals surface area contributed by atoms with Gasteiger partial charge in [0.1, 0.15) is 0 Å². The van der Waals surface area contributed by atoms with Crippen LogP contribution in [0.2, 0.25) is 5.02 Å². The molecule has 5 nitrogen and oxygen atoms in total. The Balaban J connectivity index is 1.62. The molecule has 124 valence electrons. The van der Waals surface area contributed by atoms with E-state index in [4.69, 9.17) is 16.3 Å². The predicted molar refractivity (Wildman–Crippen MR) is 88.6 cm³/mol. The highest BCUT2D eigenvalue weighted by Crippen LogP contribution is 2.31. The van der Waals surface area contributed by atoms with Gasteiger partial charge < -0.3 is 15.0 Å². The smallest absolute Gasteiger partial charge is 0.227 e. The van der Waals surface area contributed by atoms with Crippen molar-refractivity contribution >= 4 is 29.1 Å². The van der Waals surface area contributed by atoms with Crippen LogP contribution in [0.25, 0.3) is 0 Å². The summed E-state index contributed by atoms with van der Waals surface area (Å²) in [5.41, 5.74) is 1.65. The van der Waals surface area contributed by atoms with E-state index in [1.165, 1.54) is 0 Å². The minimum atomic E-state index is -0.317. The Labute approximate surface area is 140 Å². The van der Waals surface area contributed by atoms with Gasteiger partial charge in [0.05, 0.1) is 12.0 Å². The number of benzene rings is 1. The van der Waals surface area contributed by atoms with Gasteiger partial charge in [-0.2, -0.15) is 0 Å². The van der Waals surface area contributed by atoms with Gasteiger partial charge in [0.2, 0.25) is 11.8 Å². The molecule has 0 unspecified atom stereocenters. The van der Waals surface area contributed by atoms with Gasteiger partial charge in [0.15, 0.2) is 0 Å². The second-order valence-corrected chi connectivity index (χ2v) is 6.58. The molecular formula is C17H21ClN2O3. The highest BCUT2D eigenvalue weighted by Gasteiger charge is 2.36. The molecule has 2 aliphatic rings. The van der Waals surface area contributed by atoms with Gasteiger partial charge in [-0.25, -0.2) is 0 Å². The summed E-state index contributed by atoms with van der Waals surface area (Å²) in [5, 5.41) is 3.54. The second kappa shape index (κ2) is 6.89. The summed E-state index contributed by atoms with van der Waals surface area (Å²) in [4.78, 5) is 26.3. The molecule has 0 aliphatic carbocycles. The van der Waals surface area contributed by atoms with Crippen LogP contribution >= 0.6 is 11.6 Å². The van der Waals surface area contributed by atoms with Gasteiger partial charge in [0, 0.05) is 36.8 Å². The van der Waals surface area contributed by atoms with Crippen molar-refractivity contribution in [2.45, 2.75) is 32.3 Å². The molecule has 2 atom stereocenters. The molecule has 1 aromatic carbocycles. The van der Waals surface area contributed by atoms with Crippen molar-refractivity contribution in [3.63, 3.8) is 0 Å². The summed E-state index contributed by atoms with van der Waals surface area (Å²) >= 11 is 6.13. The van der Waals surface area contributed by atoms with Crippen LogP contribution in [0.1, 0.15) is 24.8 Å². The largest absolute Gasteiger partial charge is 0.376 e. The number of nitrogens with one attached hydrogen (secondary N) is 1. The van der Waals surface area contributed by atoms with Crippen molar-refractivity contribution < 1.29 is 14.3 Å². The maximum Gasteiger partial charge on any atom is 0.227 e. The summed E-state index contributed by atoms with van der Waals surface area (Å²) < 4.78 is 5.50. The van der Waals surface area contributed by atoms with Gasteiger partial charge >= 0.3 is 0 Å². The fourth-order valence-corrected chi connectivity index (χ4v) is 3.34. The first-order valence-electron chi connectivity index (χ1n) is 8.01. The summed E-state index contributed by atoms with van der Waals surface area (Å²) in [7, 11) is 0. The summed E-state index contributed by atoms with van der Waals surface area (Å²) in [6.07, 6.45) is 2.38. The molecule has 2 heterocycles. The quantitative estimate of drug-likeness (QED) is 0.917. The van der Waals surface area contributed by atoms with E-state index < -0.39 is 0 Å². The zero-order valence-electron chi connectivity index (χ0n) is 13.2. The first-order chi connectivity index (χ1) is 11.1. The van der Waals surface area contributed by atoms with Crippen LogP contribution in [-0.2, 0) is 14.3 Å². The third-order valence-corrected chi connectivity index (χ3v) is 4.96. The number of anilines is 1. The normalized spacial score (nSPS) is 24.3. The van der Waals surface area contributed by atoms with Gasteiger partial charge in [-0.1, -0.05) is 17.7 Å². The number of hydrogen-bond donors (Lipinski definition) is 1. The summed E-state index contributed by atoms with van der Waals surface area (Å²) in [6, 6.07) is 5.49. The fraction of sp³-hybridized carbons (Fsp3) is 0.529. The standard InChI is InChI=1S/C17H21ClN2O3/c1-11-14(18)5-2-6-15(11)20-10-12(8-16(20)21)17(22)19-9-13-4-3-7-23-13/h2,5-6,12-13H,3-4,7-10H2,1H3,(H,19,22)/t12-,13+/m1/s1. The SMILES string of the molecule is Cc1c(Cl)cccc1N1C[C@H](C(=O)NC[C@@H]2CCCO2)CC1=O. The number of nitrogens with zero attached hydrogens (tertiary/aromatic N) is 1. The molecule has 2 saturated heterocycles. The maximum atomic E-state index is 12.3. The highest BCUT2D eigenvalue weighted by atomic mass is 35.5. The molecule has 0 saturated carbocycles. The Kier molecular flexibility index (Phi) is 4.87. The third-order valence-electron chi connectivity index (χ3n) is 4.55. The molecule has 6 heteroatoms. The first-order valence-corrected chi connectivity index (χ1v) is 8.39. The number of ether oxygens (including phenoxy) is 1. The highest BCUT2D eigenvalue weighted by molar-refractivity contribution is 6.31. The minimum Gasteiger partial charge on any atom is -0.376 e. The lowest BCUT2D eigenvalue weighted by molar-refractivity contribution is -0.126. The molecule has 1 aromatic rings. The summed E-state index contributed by atoms with van der Waals surface area (Å²) in [6.45, 7) is 3.58. The van der Waals surface area contributed by atoms with E-state index >= 15 is 0 Å². The van der Waals surface area contributed by atoms with E-state index in [2.05, 4.69) is 5.32 Å². The van der Waals surface area contributed by atoms with Crippen molar-refractivity contribution in [3.05, 3.63) is 28.8 Å². The maximum absolute atomic E-state index is 12.3. The van der Waals surface area contributed by atoms with Crippen molar-refractivity contribution in [3.8, 4) is 0 Å². The Hall–Kier alpha value is -1.59. The molecule has 0 radical (unpaired) electrons. The molecule has 2 amide bonds. The van der Waals surface area contributed by atoms with Crippen LogP contribution in [0.5, 0.6) is 0 Å². The second-order valence-electron chi connectivity index (χ2n) is 6.17. The topological polar surface area (TPSA) is 58.6 Å². The minimum absolute atomic E-state index is 0.0346. The third kappa shape index (κ3) is 3.51. The molecule has 2 aliphatic heterocycles. The average Bonchev–Trinajstić information content (AvgIpc) is 3.17. The van der Waals surface area contributed by atoms with Crippen molar-refractivity contribution in [2.75, 3.05) is 24.6 Å². The van der Waals surface area contributed by atoms with Crippen LogP contribution < -0.4 is 10.2 Å². The van der Waals surface area contributed by atoms with Gasteiger partial charge in [-0.3, -0.25) is 9.59 Å². The van der Waals surface area contributed by atoms with Gasteiger partial charge in [-0.05, 0) is 37.5 Å². The fourth-order valence-electron chi connectivity index (χ4n) is 3.17. The average molecular weight is 337 g/mol. The number of hydrogen-bond acceptors (Lipinski definition) is 3. The van der Waals surface area contributed by atoms with E-state index in [0.717, 1.165) is 30.7 Å². The first kappa shape index (κ1) is 16.3. The van der Waals surface area contributed by atoms with Crippen molar-refractivity contribution in [2.24, 2.45) is 5.92 Å². The molecule has 0 spiro atoms. The lowest BCUT2D eigenvalue weighted by atomic mass is 10.1. The number of amides is 2. The zero-order chi connectivity index (χ0) is 16.4. The lowest BCUT2D eigenvalue weighted by Gasteiger charge is -2.20. The van der Waals surface area contributed by atoms with E-state index in [1.807, 2.05) is 19.1 Å². The van der Waals surface area contributed by atoms with Crippen molar-refractivity contribution in [1.29, 1.82) is 0 Å². The van der Waals surface area contributed by atoms with Gasteiger partial charge in [-0.15, -0.1) is 0 Å². The monoisotopic (exact) mass is 336 g/mol. The molecule has 2 fully saturated rings. The number of rotatable bonds is 4. The lowest BCUT2D eigenvalue weighted by Crippen LogP contribution is -2.37. The zero-order valence-corrected chi connectivity index (χ0v) is 13.9. The van der Waals surface area contributed by atoms with E-state index in [0.29, 0.717) is 18.1 Å². The molecule has 23 heavy (non-hydrogen) atoms. The van der Waals surface area contributed by atoms with Crippen LogP contribution in [0.4, 0.5) is 5.69 Å². The number of halogens is 1. The Morgan fingerprint density at radius 1 is 1.48 bits per heavy atom. The summed E-state index contributed by atoms with van der Waals surface area (Å²) in [5.74, 6) is -0.425. The molecule has 1 N–H and O–H groups in total. The van der Waals surface area contributed by atoms with Crippen LogP contribution in [0.15, 0.2) is 18.2 Å². The molecular weight excluding hydrogens is 316 g/mol. The number of carbonyl (C=O) groups excluding carboxylic acids is 2. The van der Waals surface area contributed by atoms with Gasteiger partial charge in [0.25, 0.3) is 0 Å². The Morgan fingerprint density at radius 3 is 3.04 bits per heavy atom. The number of carbonyl (C=O) groups is 2. The molecule has 3 rings (SSSR count). The predicted octanol–water partition coefficient (Wildman–Crippen LogP) is 2.30. The van der Waals surface area contributed by atoms with Crippen LogP contribution in [0, 0.1) is 12.8 Å². The molecule has 0 aromatic heterocycles. The Morgan fingerprint density at radius 2 is 2.30 bits per heavy atom. The van der Waals surface area contributed by atoms with Crippen LogP contribution in [0.3, 0.4) is 0 Å². The van der Waals surface area contributed by atoms with Crippen molar-refractivity contribution in [1.82, 2.24) is 5.32 Å².